The van der Waals surface area contributed by atoms with Crippen molar-refractivity contribution >= 4 is 11.6 Å². The Morgan fingerprint density at radius 2 is 1.57 bits per heavy atom. The molecule has 0 aromatic heterocycles. The van der Waals surface area contributed by atoms with E-state index in [2.05, 4.69) is 13.8 Å². The molecular weight excluding hydrogens is 196 g/mol. The van der Waals surface area contributed by atoms with Gasteiger partial charge in [0.25, 0.3) is 0 Å². The summed E-state index contributed by atoms with van der Waals surface area (Å²) in [7, 11) is 0. The number of hydrogen-bond acceptors (Lipinski definition) is 1. The first kappa shape index (κ1) is 14.2. The Morgan fingerprint density at radius 3 is 2.21 bits per heavy atom. The molecule has 1 unspecified atom stereocenters. The van der Waals surface area contributed by atoms with Crippen LogP contribution in [0.25, 0.3) is 0 Å². The number of hydrogen-bond donors (Lipinski definition) is 0. The maximum absolute atomic E-state index is 6.01. The van der Waals surface area contributed by atoms with Crippen LogP contribution in [0.5, 0.6) is 0 Å². The molecule has 0 aromatic carbocycles. The van der Waals surface area contributed by atoms with E-state index in [4.69, 9.17) is 16.3 Å². The summed E-state index contributed by atoms with van der Waals surface area (Å²) < 4.78 is 5.50. The van der Waals surface area contributed by atoms with Crippen LogP contribution in [-0.4, -0.2) is 12.2 Å². The molecule has 0 bridgehead atoms. The van der Waals surface area contributed by atoms with Gasteiger partial charge < -0.3 is 4.74 Å². The maximum Gasteiger partial charge on any atom is 0.131 e. The fraction of sp³-hybridized carbons (Fsp3) is 1.00. The second-order valence-corrected chi connectivity index (χ2v) is 4.32. The monoisotopic (exact) mass is 220 g/mol. The van der Waals surface area contributed by atoms with E-state index in [0.29, 0.717) is 0 Å². The molecule has 86 valence electrons. The quantitative estimate of drug-likeness (QED) is 0.382. The standard InChI is InChI=1S/C12H25ClO/c1-3-5-7-9-11-14-12(13)10-8-6-4-2/h12H,3-11H2,1-2H3. The lowest BCUT2D eigenvalue weighted by Gasteiger charge is -2.10. The first-order valence-corrected chi connectivity index (χ1v) is 6.50. The van der Waals surface area contributed by atoms with Gasteiger partial charge in [0.1, 0.15) is 5.56 Å². The van der Waals surface area contributed by atoms with Gasteiger partial charge in [-0.05, 0) is 19.3 Å². The van der Waals surface area contributed by atoms with Gasteiger partial charge in [0, 0.05) is 6.61 Å². The van der Waals surface area contributed by atoms with E-state index >= 15 is 0 Å². The van der Waals surface area contributed by atoms with E-state index in [1.807, 2.05) is 0 Å². The number of alkyl halides is 1. The third-order valence-corrected chi connectivity index (χ3v) is 2.68. The molecule has 2 heteroatoms. The molecule has 0 radical (unpaired) electrons. The minimum atomic E-state index is -0.0526. The van der Waals surface area contributed by atoms with Crippen LogP contribution in [0.4, 0.5) is 0 Å². The van der Waals surface area contributed by atoms with Crippen LogP contribution in [0.1, 0.15) is 65.2 Å². The zero-order chi connectivity index (χ0) is 10.6. The second kappa shape index (κ2) is 11.3. The summed E-state index contributed by atoms with van der Waals surface area (Å²) in [5.41, 5.74) is -0.0526. The highest BCUT2D eigenvalue weighted by atomic mass is 35.5. The highest BCUT2D eigenvalue weighted by molar-refractivity contribution is 6.19. The fourth-order valence-corrected chi connectivity index (χ4v) is 1.62. The Balaban J connectivity index is 3.06. The molecule has 0 aliphatic carbocycles. The van der Waals surface area contributed by atoms with Crippen molar-refractivity contribution in [3.63, 3.8) is 0 Å². The molecule has 0 spiro atoms. The van der Waals surface area contributed by atoms with Crippen LogP contribution in [0.2, 0.25) is 0 Å². The number of ether oxygens (including phenoxy) is 1. The Kier molecular flexibility index (Phi) is 11.5. The largest absolute Gasteiger partial charge is 0.362 e. The van der Waals surface area contributed by atoms with E-state index in [1.54, 1.807) is 0 Å². The summed E-state index contributed by atoms with van der Waals surface area (Å²) in [4.78, 5) is 0. The Labute approximate surface area is 94.2 Å². The maximum atomic E-state index is 6.01. The Morgan fingerprint density at radius 1 is 0.929 bits per heavy atom. The molecule has 1 nitrogen and oxygen atoms in total. The van der Waals surface area contributed by atoms with Crippen LogP contribution < -0.4 is 0 Å². The summed E-state index contributed by atoms with van der Waals surface area (Å²) in [6.45, 7) is 5.26. The van der Waals surface area contributed by atoms with Crippen LogP contribution >= 0.6 is 11.6 Å². The average Bonchev–Trinajstić information content (AvgIpc) is 2.18. The lowest BCUT2D eigenvalue weighted by atomic mass is 10.2. The van der Waals surface area contributed by atoms with Crippen molar-refractivity contribution < 1.29 is 4.74 Å². The van der Waals surface area contributed by atoms with Gasteiger partial charge in [0.2, 0.25) is 0 Å². The topological polar surface area (TPSA) is 9.23 Å². The van der Waals surface area contributed by atoms with Gasteiger partial charge in [-0.15, -0.1) is 0 Å². The molecule has 0 heterocycles. The van der Waals surface area contributed by atoms with E-state index in [1.165, 1.54) is 38.5 Å². The predicted octanol–water partition coefficient (Wildman–Crippen LogP) is 4.73. The lowest BCUT2D eigenvalue weighted by Crippen LogP contribution is -2.06. The normalized spacial score (nSPS) is 13.1. The van der Waals surface area contributed by atoms with Crippen LogP contribution in [0.3, 0.4) is 0 Å². The first-order valence-electron chi connectivity index (χ1n) is 6.07. The molecule has 0 N–H and O–H groups in total. The molecule has 0 saturated carbocycles. The van der Waals surface area contributed by atoms with E-state index in [0.717, 1.165) is 19.4 Å². The van der Waals surface area contributed by atoms with Crippen molar-refractivity contribution in [2.24, 2.45) is 0 Å². The van der Waals surface area contributed by atoms with Crippen molar-refractivity contribution in [1.82, 2.24) is 0 Å². The van der Waals surface area contributed by atoms with E-state index < -0.39 is 0 Å². The molecule has 0 amide bonds. The summed E-state index contributed by atoms with van der Waals surface area (Å²) >= 11 is 6.01. The van der Waals surface area contributed by atoms with Crippen LogP contribution in [0.15, 0.2) is 0 Å². The van der Waals surface area contributed by atoms with Gasteiger partial charge in [-0.2, -0.15) is 0 Å². The lowest BCUT2D eigenvalue weighted by molar-refractivity contribution is 0.0965. The minimum absolute atomic E-state index is 0.0526. The number of unbranched alkanes of at least 4 members (excludes halogenated alkanes) is 5. The molecule has 14 heavy (non-hydrogen) atoms. The van der Waals surface area contributed by atoms with Crippen molar-refractivity contribution in [3.05, 3.63) is 0 Å². The zero-order valence-corrected chi connectivity index (χ0v) is 10.5. The van der Waals surface area contributed by atoms with Crippen molar-refractivity contribution in [3.8, 4) is 0 Å². The average molecular weight is 221 g/mol. The molecule has 1 atom stereocenters. The summed E-state index contributed by atoms with van der Waals surface area (Å²) in [6, 6.07) is 0. The molecule has 0 fully saturated rings. The first-order chi connectivity index (χ1) is 6.81. The smallest absolute Gasteiger partial charge is 0.131 e. The second-order valence-electron chi connectivity index (χ2n) is 3.84. The molecule has 0 saturated heterocycles. The highest BCUT2D eigenvalue weighted by Gasteiger charge is 2.02. The zero-order valence-electron chi connectivity index (χ0n) is 9.73. The summed E-state index contributed by atoms with van der Waals surface area (Å²) in [5.74, 6) is 0. The minimum Gasteiger partial charge on any atom is -0.362 e. The molecule has 0 aliphatic rings. The summed E-state index contributed by atoms with van der Waals surface area (Å²) in [5, 5.41) is 0. The van der Waals surface area contributed by atoms with Gasteiger partial charge >= 0.3 is 0 Å². The van der Waals surface area contributed by atoms with E-state index in [-0.39, 0.29) is 5.56 Å². The third-order valence-electron chi connectivity index (χ3n) is 2.33. The highest BCUT2D eigenvalue weighted by Crippen LogP contribution is 2.11. The fourth-order valence-electron chi connectivity index (χ4n) is 1.38. The van der Waals surface area contributed by atoms with Crippen LogP contribution in [0, 0.1) is 0 Å². The number of rotatable bonds is 10. The van der Waals surface area contributed by atoms with Gasteiger partial charge in [0.15, 0.2) is 0 Å². The van der Waals surface area contributed by atoms with Gasteiger partial charge in [-0.1, -0.05) is 57.6 Å². The molecule has 0 aliphatic heterocycles. The van der Waals surface area contributed by atoms with Crippen molar-refractivity contribution in [1.29, 1.82) is 0 Å². The van der Waals surface area contributed by atoms with Gasteiger partial charge in [-0.25, -0.2) is 0 Å². The van der Waals surface area contributed by atoms with Gasteiger partial charge in [0.05, 0.1) is 0 Å². The summed E-state index contributed by atoms with van der Waals surface area (Å²) in [6.07, 6.45) is 9.73. The molecular formula is C12H25ClO. The van der Waals surface area contributed by atoms with Crippen LogP contribution in [-0.2, 0) is 4.74 Å². The third kappa shape index (κ3) is 10.3. The van der Waals surface area contributed by atoms with Crippen molar-refractivity contribution in [2.45, 2.75) is 70.8 Å². The molecule has 0 aromatic rings. The SMILES string of the molecule is CCCCCCOC(Cl)CCCCC. The van der Waals surface area contributed by atoms with E-state index in [9.17, 15) is 0 Å². The number of halogens is 1. The molecule has 0 rings (SSSR count). The Bertz CT molecular complexity index is 106. The Hall–Kier alpha value is 0.250. The predicted molar refractivity (Wildman–Crippen MR) is 63.9 cm³/mol. The van der Waals surface area contributed by atoms with Crippen molar-refractivity contribution in [2.75, 3.05) is 6.61 Å². The van der Waals surface area contributed by atoms with Gasteiger partial charge in [-0.3, -0.25) is 0 Å².